The zero-order valence-corrected chi connectivity index (χ0v) is 15.9. The Labute approximate surface area is 164 Å². The summed E-state index contributed by atoms with van der Waals surface area (Å²) in [6, 6.07) is 15.1. The van der Waals surface area contributed by atoms with Crippen molar-refractivity contribution in [3.8, 4) is 5.75 Å². The predicted molar refractivity (Wildman–Crippen MR) is 107 cm³/mol. The molecule has 0 fully saturated rings. The highest BCUT2D eigenvalue weighted by molar-refractivity contribution is 6.30. The molecule has 27 heavy (non-hydrogen) atoms. The van der Waals surface area contributed by atoms with Gasteiger partial charge in [0, 0.05) is 36.6 Å². The average Bonchev–Trinajstić information content (AvgIpc) is 3.08. The first-order valence-electron chi connectivity index (χ1n) is 8.83. The number of hydrogen-bond acceptors (Lipinski definition) is 3. The Morgan fingerprint density at radius 3 is 2.56 bits per heavy atom. The van der Waals surface area contributed by atoms with E-state index in [4.69, 9.17) is 16.3 Å². The van der Waals surface area contributed by atoms with E-state index in [2.05, 4.69) is 10.3 Å². The number of amides is 1. The average molecular weight is 384 g/mol. The van der Waals surface area contributed by atoms with Crippen molar-refractivity contribution in [3.05, 3.63) is 77.3 Å². The first kappa shape index (κ1) is 19.0. The van der Waals surface area contributed by atoms with Crippen LogP contribution < -0.4 is 10.1 Å². The summed E-state index contributed by atoms with van der Waals surface area (Å²) < 4.78 is 7.62. The van der Waals surface area contributed by atoms with Crippen LogP contribution in [0.4, 0.5) is 5.69 Å². The van der Waals surface area contributed by atoms with Crippen LogP contribution in [0.15, 0.2) is 60.9 Å². The lowest BCUT2D eigenvalue weighted by Crippen LogP contribution is -2.11. The molecule has 0 saturated heterocycles. The van der Waals surface area contributed by atoms with Crippen LogP contribution in [0.25, 0.3) is 0 Å². The number of aromatic nitrogens is 2. The Morgan fingerprint density at radius 2 is 1.89 bits per heavy atom. The molecule has 1 N–H and O–H groups in total. The topological polar surface area (TPSA) is 56.1 Å². The third kappa shape index (κ3) is 5.86. The number of carbonyl (C=O) groups is 1. The largest absolute Gasteiger partial charge is 0.486 e. The zero-order valence-electron chi connectivity index (χ0n) is 15.2. The van der Waals surface area contributed by atoms with Crippen LogP contribution >= 0.6 is 11.6 Å². The van der Waals surface area contributed by atoms with Gasteiger partial charge in [-0.1, -0.05) is 23.7 Å². The molecule has 0 atom stereocenters. The molecule has 0 aliphatic heterocycles. The van der Waals surface area contributed by atoms with Gasteiger partial charge in [0.1, 0.15) is 18.2 Å². The third-order valence-corrected chi connectivity index (χ3v) is 4.46. The molecule has 140 valence electrons. The third-order valence-electron chi connectivity index (χ3n) is 4.21. The number of nitrogens with zero attached hydrogens (tertiary/aromatic N) is 2. The first-order chi connectivity index (χ1) is 13.1. The van der Waals surface area contributed by atoms with Gasteiger partial charge in [-0.15, -0.1) is 0 Å². The van der Waals surface area contributed by atoms with E-state index in [1.807, 2.05) is 66.3 Å². The summed E-state index contributed by atoms with van der Waals surface area (Å²) >= 11 is 5.87. The monoisotopic (exact) mass is 383 g/mol. The van der Waals surface area contributed by atoms with Crippen LogP contribution in [-0.4, -0.2) is 15.5 Å². The van der Waals surface area contributed by atoms with Gasteiger partial charge in [-0.3, -0.25) is 4.79 Å². The van der Waals surface area contributed by atoms with E-state index in [1.165, 1.54) is 5.56 Å². The molecule has 1 amide bonds. The van der Waals surface area contributed by atoms with Gasteiger partial charge in [0.25, 0.3) is 0 Å². The van der Waals surface area contributed by atoms with E-state index in [0.717, 1.165) is 35.1 Å². The Kier molecular flexibility index (Phi) is 6.49. The molecule has 0 bridgehead atoms. The van der Waals surface area contributed by atoms with Crippen LogP contribution in [0.5, 0.6) is 5.75 Å². The number of carbonyl (C=O) groups excluding carboxylic acids is 1. The SMILES string of the molecule is Cn1ccnc1COc1ccc(NC(=O)CCCc2ccc(Cl)cc2)cc1. The van der Waals surface area contributed by atoms with Crippen molar-refractivity contribution in [1.29, 1.82) is 0 Å². The van der Waals surface area contributed by atoms with Crippen LogP contribution in [0.2, 0.25) is 5.02 Å². The lowest BCUT2D eigenvalue weighted by molar-refractivity contribution is -0.116. The molecule has 3 rings (SSSR count). The molecule has 0 unspecified atom stereocenters. The quantitative estimate of drug-likeness (QED) is 0.617. The number of benzene rings is 2. The molecule has 0 aliphatic rings. The van der Waals surface area contributed by atoms with E-state index < -0.39 is 0 Å². The van der Waals surface area contributed by atoms with Crippen LogP contribution in [-0.2, 0) is 24.9 Å². The molecular weight excluding hydrogens is 362 g/mol. The maximum absolute atomic E-state index is 12.1. The number of imidazole rings is 1. The van der Waals surface area contributed by atoms with E-state index in [9.17, 15) is 4.79 Å². The Balaban J connectivity index is 1.41. The van der Waals surface area contributed by atoms with Crippen LogP contribution in [0.1, 0.15) is 24.2 Å². The number of nitrogens with one attached hydrogen (secondary N) is 1. The van der Waals surface area contributed by atoms with Gasteiger partial charge in [0.15, 0.2) is 0 Å². The smallest absolute Gasteiger partial charge is 0.224 e. The Bertz CT molecular complexity index is 873. The highest BCUT2D eigenvalue weighted by atomic mass is 35.5. The van der Waals surface area contributed by atoms with Crippen molar-refractivity contribution in [2.24, 2.45) is 7.05 Å². The van der Waals surface area contributed by atoms with Crippen LogP contribution in [0.3, 0.4) is 0 Å². The van der Waals surface area contributed by atoms with Crippen molar-refractivity contribution in [2.45, 2.75) is 25.9 Å². The van der Waals surface area contributed by atoms with Crippen molar-refractivity contribution in [2.75, 3.05) is 5.32 Å². The predicted octanol–water partition coefficient (Wildman–Crippen LogP) is 4.61. The second-order valence-corrected chi connectivity index (χ2v) is 6.73. The van der Waals surface area contributed by atoms with Gasteiger partial charge in [0.2, 0.25) is 5.91 Å². The van der Waals surface area contributed by atoms with Crippen LogP contribution in [0, 0.1) is 0 Å². The van der Waals surface area contributed by atoms with Crippen molar-refractivity contribution >= 4 is 23.2 Å². The fraction of sp³-hybridized carbons (Fsp3) is 0.238. The second-order valence-electron chi connectivity index (χ2n) is 6.30. The fourth-order valence-electron chi connectivity index (χ4n) is 2.65. The normalized spacial score (nSPS) is 10.6. The van der Waals surface area contributed by atoms with Gasteiger partial charge in [-0.25, -0.2) is 4.98 Å². The number of aryl methyl sites for hydroxylation is 2. The molecule has 5 nitrogen and oxygen atoms in total. The van der Waals surface area contributed by atoms with Gasteiger partial charge in [0.05, 0.1) is 0 Å². The molecule has 2 aromatic carbocycles. The maximum atomic E-state index is 12.1. The summed E-state index contributed by atoms with van der Waals surface area (Å²) in [5, 5.41) is 3.64. The number of halogens is 1. The molecular formula is C21H22ClN3O2. The first-order valence-corrected chi connectivity index (χ1v) is 9.21. The van der Waals surface area contributed by atoms with E-state index in [-0.39, 0.29) is 5.91 Å². The van der Waals surface area contributed by atoms with Gasteiger partial charge < -0.3 is 14.6 Å². The van der Waals surface area contributed by atoms with Crippen molar-refractivity contribution in [1.82, 2.24) is 9.55 Å². The summed E-state index contributed by atoms with van der Waals surface area (Å²) in [6.07, 6.45) is 5.73. The highest BCUT2D eigenvalue weighted by Crippen LogP contribution is 2.17. The molecule has 1 heterocycles. The van der Waals surface area contributed by atoms with Gasteiger partial charge in [-0.2, -0.15) is 0 Å². The standard InChI is InChI=1S/C21H22ClN3O2/c1-25-14-13-23-20(25)15-27-19-11-9-18(10-12-19)24-21(26)4-2-3-16-5-7-17(22)8-6-16/h5-14H,2-4,15H2,1H3,(H,24,26). The maximum Gasteiger partial charge on any atom is 0.224 e. The number of rotatable bonds is 8. The Morgan fingerprint density at radius 1 is 1.15 bits per heavy atom. The Hall–Kier alpha value is -2.79. The fourth-order valence-corrected chi connectivity index (χ4v) is 2.77. The van der Waals surface area contributed by atoms with Crippen molar-refractivity contribution < 1.29 is 9.53 Å². The second kappa shape index (κ2) is 9.24. The lowest BCUT2D eigenvalue weighted by Gasteiger charge is -2.08. The number of anilines is 1. The molecule has 0 saturated carbocycles. The molecule has 1 aromatic heterocycles. The zero-order chi connectivity index (χ0) is 19.1. The summed E-state index contributed by atoms with van der Waals surface area (Å²) in [6.45, 7) is 0.403. The minimum Gasteiger partial charge on any atom is -0.486 e. The van der Waals surface area contributed by atoms with Gasteiger partial charge in [-0.05, 0) is 54.8 Å². The lowest BCUT2D eigenvalue weighted by atomic mass is 10.1. The van der Waals surface area contributed by atoms with E-state index >= 15 is 0 Å². The minimum absolute atomic E-state index is 0.00522. The van der Waals surface area contributed by atoms with Crippen molar-refractivity contribution in [3.63, 3.8) is 0 Å². The summed E-state index contributed by atoms with van der Waals surface area (Å²) in [5.41, 5.74) is 1.94. The summed E-state index contributed by atoms with van der Waals surface area (Å²) in [5.74, 6) is 1.59. The molecule has 0 aliphatic carbocycles. The van der Waals surface area contributed by atoms with E-state index in [1.54, 1.807) is 6.20 Å². The molecule has 0 radical (unpaired) electrons. The summed E-state index contributed by atoms with van der Waals surface area (Å²) in [4.78, 5) is 16.3. The molecule has 6 heteroatoms. The highest BCUT2D eigenvalue weighted by Gasteiger charge is 2.05. The molecule has 3 aromatic rings. The molecule has 0 spiro atoms. The summed E-state index contributed by atoms with van der Waals surface area (Å²) in [7, 11) is 1.93. The number of ether oxygens (including phenoxy) is 1. The van der Waals surface area contributed by atoms with Gasteiger partial charge >= 0.3 is 0 Å². The van der Waals surface area contributed by atoms with E-state index in [0.29, 0.717) is 13.0 Å². The minimum atomic E-state index is 0.00522. The number of hydrogen-bond donors (Lipinski definition) is 1.